The number of rotatable bonds is 6. The van der Waals surface area contributed by atoms with Gasteiger partial charge in [0.2, 0.25) is 0 Å². The molecule has 2 unspecified atom stereocenters. The molecule has 3 heteroatoms. The minimum Gasteiger partial charge on any atom is -0.375 e. The Labute approximate surface area is 97.8 Å². The third-order valence-corrected chi connectivity index (χ3v) is 3.66. The number of thioether (sulfide) groups is 1. The van der Waals surface area contributed by atoms with E-state index >= 15 is 0 Å². The zero-order chi connectivity index (χ0) is 11.1. The molecule has 2 nitrogen and oxygen atoms in total. The van der Waals surface area contributed by atoms with Gasteiger partial charge in [0, 0.05) is 17.5 Å². The minimum absolute atomic E-state index is 0.392. The summed E-state index contributed by atoms with van der Waals surface area (Å²) in [6.07, 6.45) is 2.64. The Morgan fingerprint density at radius 3 is 3.00 bits per heavy atom. The maximum atomic E-state index is 5.81. The lowest BCUT2D eigenvalue weighted by molar-refractivity contribution is 0.0453. The van der Waals surface area contributed by atoms with E-state index in [4.69, 9.17) is 4.74 Å². The predicted octanol–water partition coefficient (Wildman–Crippen LogP) is 2.45. The predicted molar refractivity (Wildman–Crippen MR) is 68.6 cm³/mol. The molecule has 1 saturated heterocycles. The van der Waals surface area contributed by atoms with Crippen molar-refractivity contribution in [2.75, 3.05) is 24.7 Å². The van der Waals surface area contributed by atoms with E-state index in [0.717, 1.165) is 37.5 Å². The highest BCUT2D eigenvalue weighted by molar-refractivity contribution is 7.99. The van der Waals surface area contributed by atoms with Crippen molar-refractivity contribution in [1.29, 1.82) is 0 Å². The van der Waals surface area contributed by atoms with Crippen molar-refractivity contribution in [1.82, 2.24) is 5.32 Å². The lowest BCUT2D eigenvalue weighted by Gasteiger charge is -2.30. The molecule has 0 aliphatic carbocycles. The molecule has 88 valence electrons. The second kappa shape index (κ2) is 7.31. The fourth-order valence-corrected chi connectivity index (χ4v) is 2.76. The van der Waals surface area contributed by atoms with Crippen molar-refractivity contribution in [2.45, 2.75) is 38.8 Å². The molecule has 1 rings (SSSR count). The molecule has 1 heterocycles. The van der Waals surface area contributed by atoms with Crippen LogP contribution in [0.25, 0.3) is 0 Å². The minimum atomic E-state index is 0.392. The van der Waals surface area contributed by atoms with Crippen LogP contribution in [0.1, 0.15) is 26.7 Å². The van der Waals surface area contributed by atoms with Crippen LogP contribution >= 0.6 is 11.8 Å². The van der Waals surface area contributed by atoms with Crippen molar-refractivity contribution < 1.29 is 4.74 Å². The molecule has 0 aromatic carbocycles. The smallest absolute Gasteiger partial charge is 0.0818 e. The van der Waals surface area contributed by atoms with E-state index in [1.165, 1.54) is 5.57 Å². The van der Waals surface area contributed by atoms with Crippen molar-refractivity contribution in [2.24, 2.45) is 0 Å². The van der Waals surface area contributed by atoms with Gasteiger partial charge in [0.1, 0.15) is 0 Å². The Morgan fingerprint density at radius 2 is 2.47 bits per heavy atom. The summed E-state index contributed by atoms with van der Waals surface area (Å²) in [6.45, 7) is 10.1. The first-order valence-corrected chi connectivity index (χ1v) is 6.96. The Morgan fingerprint density at radius 1 is 1.67 bits per heavy atom. The molecular weight excluding hydrogens is 206 g/mol. The average Bonchev–Trinajstić information content (AvgIpc) is 2.25. The molecule has 1 aliphatic heterocycles. The van der Waals surface area contributed by atoms with E-state index in [1.54, 1.807) is 0 Å². The van der Waals surface area contributed by atoms with E-state index < -0.39 is 0 Å². The summed E-state index contributed by atoms with van der Waals surface area (Å²) in [7, 11) is 0. The van der Waals surface area contributed by atoms with Gasteiger partial charge in [0.25, 0.3) is 0 Å². The highest BCUT2D eigenvalue weighted by atomic mass is 32.2. The Bertz CT molecular complexity index is 190. The average molecular weight is 229 g/mol. The first kappa shape index (κ1) is 13.1. The number of nitrogens with one attached hydrogen (secondary N) is 1. The number of ether oxygens (including phenoxy) is 1. The van der Waals surface area contributed by atoms with Gasteiger partial charge in [-0.3, -0.25) is 0 Å². The van der Waals surface area contributed by atoms with Gasteiger partial charge in [-0.2, -0.15) is 11.8 Å². The van der Waals surface area contributed by atoms with Crippen molar-refractivity contribution in [3.05, 3.63) is 12.2 Å². The number of hydrogen-bond donors (Lipinski definition) is 1. The molecular formula is C12H23NOS. The lowest BCUT2D eigenvalue weighted by atomic mass is 10.0. The summed E-state index contributed by atoms with van der Waals surface area (Å²) >= 11 is 2.00. The zero-order valence-corrected chi connectivity index (χ0v) is 10.7. The van der Waals surface area contributed by atoms with Gasteiger partial charge in [-0.05, 0) is 26.3 Å². The fraction of sp³-hybridized carbons (Fsp3) is 0.833. The van der Waals surface area contributed by atoms with Crippen LogP contribution < -0.4 is 5.32 Å². The van der Waals surface area contributed by atoms with Crippen molar-refractivity contribution in [3.63, 3.8) is 0 Å². The van der Waals surface area contributed by atoms with Gasteiger partial charge >= 0.3 is 0 Å². The summed E-state index contributed by atoms with van der Waals surface area (Å²) in [5.74, 6) is 2.28. The van der Waals surface area contributed by atoms with Gasteiger partial charge < -0.3 is 10.1 Å². The van der Waals surface area contributed by atoms with E-state index in [0.29, 0.717) is 12.1 Å². The standard InChI is InChI=1S/C12H23NOS/c1-4-13-11(6-5-10(2)3)12-9-15-8-7-14-12/h11-13H,2,4-9H2,1,3H3. The molecule has 15 heavy (non-hydrogen) atoms. The summed E-state index contributed by atoms with van der Waals surface area (Å²) < 4.78 is 5.81. The van der Waals surface area contributed by atoms with Crippen molar-refractivity contribution in [3.8, 4) is 0 Å². The van der Waals surface area contributed by atoms with E-state index in [2.05, 4.69) is 25.7 Å². The highest BCUT2D eigenvalue weighted by Crippen LogP contribution is 2.19. The SMILES string of the molecule is C=C(C)CCC(NCC)C1CSCCO1. The van der Waals surface area contributed by atoms with Gasteiger partial charge in [-0.15, -0.1) is 6.58 Å². The number of hydrogen-bond acceptors (Lipinski definition) is 3. The van der Waals surface area contributed by atoms with Crippen LogP contribution in [0.5, 0.6) is 0 Å². The topological polar surface area (TPSA) is 21.3 Å². The second-order valence-electron chi connectivity index (χ2n) is 4.14. The molecule has 1 aliphatic rings. The lowest BCUT2D eigenvalue weighted by Crippen LogP contribution is -2.44. The summed E-state index contributed by atoms with van der Waals surface area (Å²) in [4.78, 5) is 0. The van der Waals surface area contributed by atoms with Gasteiger partial charge in [-0.1, -0.05) is 12.5 Å². The zero-order valence-electron chi connectivity index (χ0n) is 9.92. The third kappa shape index (κ3) is 5.05. The summed E-state index contributed by atoms with van der Waals surface area (Å²) in [5, 5.41) is 3.53. The normalized spacial score (nSPS) is 23.7. The van der Waals surface area contributed by atoms with E-state index in [9.17, 15) is 0 Å². The van der Waals surface area contributed by atoms with Gasteiger partial charge in [0.05, 0.1) is 12.7 Å². The van der Waals surface area contributed by atoms with Gasteiger partial charge in [0.15, 0.2) is 0 Å². The first-order valence-electron chi connectivity index (χ1n) is 5.81. The molecule has 0 aromatic heterocycles. The van der Waals surface area contributed by atoms with Crippen LogP contribution in [-0.4, -0.2) is 36.8 Å². The second-order valence-corrected chi connectivity index (χ2v) is 5.29. The monoisotopic (exact) mass is 229 g/mol. The molecule has 0 amide bonds. The molecule has 1 N–H and O–H groups in total. The van der Waals surface area contributed by atoms with Crippen LogP contribution in [-0.2, 0) is 4.74 Å². The van der Waals surface area contributed by atoms with Gasteiger partial charge in [-0.25, -0.2) is 0 Å². The largest absolute Gasteiger partial charge is 0.375 e. The van der Waals surface area contributed by atoms with E-state index in [-0.39, 0.29) is 0 Å². The molecule has 2 atom stereocenters. The van der Waals surface area contributed by atoms with E-state index in [1.807, 2.05) is 11.8 Å². The first-order chi connectivity index (χ1) is 7.24. The molecule has 0 bridgehead atoms. The number of allylic oxidation sites excluding steroid dienone is 1. The maximum Gasteiger partial charge on any atom is 0.0818 e. The van der Waals surface area contributed by atoms with Crippen LogP contribution in [0.2, 0.25) is 0 Å². The maximum absolute atomic E-state index is 5.81. The quantitative estimate of drug-likeness (QED) is 0.707. The van der Waals surface area contributed by atoms with Crippen LogP contribution in [0, 0.1) is 0 Å². The summed E-state index contributed by atoms with van der Waals surface area (Å²) in [6, 6.07) is 0.500. The third-order valence-electron chi connectivity index (χ3n) is 2.64. The highest BCUT2D eigenvalue weighted by Gasteiger charge is 2.23. The number of likely N-dealkylation sites (N-methyl/N-ethyl adjacent to an activating group) is 1. The summed E-state index contributed by atoms with van der Waals surface area (Å²) in [5.41, 5.74) is 1.27. The van der Waals surface area contributed by atoms with Crippen LogP contribution in [0.3, 0.4) is 0 Å². The van der Waals surface area contributed by atoms with Crippen molar-refractivity contribution >= 4 is 11.8 Å². The molecule has 1 fully saturated rings. The molecule has 0 aromatic rings. The Hall–Kier alpha value is 0.01000. The van der Waals surface area contributed by atoms with Crippen LogP contribution in [0.4, 0.5) is 0 Å². The molecule has 0 radical (unpaired) electrons. The molecule has 0 saturated carbocycles. The fourth-order valence-electron chi connectivity index (χ4n) is 1.82. The Kier molecular flexibility index (Phi) is 6.37. The molecule has 0 spiro atoms. The van der Waals surface area contributed by atoms with Crippen LogP contribution in [0.15, 0.2) is 12.2 Å². The Balaban J connectivity index is 2.36.